The Morgan fingerprint density at radius 2 is 2.00 bits per heavy atom. The fourth-order valence-corrected chi connectivity index (χ4v) is 5.38. The van der Waals surface area contributed by atoms with Gasteiger partial charge in [0.15, 0.2) is 3.95 Å². The molecule has 0 bridgehead atoms. The number of aryl methyl sites for hydroxylation is 1. The number of alkyl halides is 3. The zero-order chi connectivity index (χ0) is 23.8. The molecule has 0 spiro atoms. The monoisotopic (exact) mass is 493 g/mol. The second-order valence-electron chi connectivity index (χ2n) is 8.80. The van der Waals surface area contributed by atoms with Gasteiger partial charge in [-0.3, -0.25) is 4.79 Å². The van der Waals surface area contributed by atoms with Crippen LogP contribution in [0.1, 0.15) is 55.8 Å². The van der Waals surface area contributed by atoms with E-state index in [1.165, 1.54) is 17.4 Å². The molecule has 9 heteroatoms. The SMILES string of the molecule is CC1CCN(c2nc(C(F)(F)F)ccc2CCC(=O)C(C)c2ccc3[nH]c(=S)sc3c2)CC1. The normalized spacial score (nSPS) is 16.3. The number of benzene rings is 1. The summed E-state index contributed by atoms with van der Waals surface area (Å²) in [6, 6.07) is 8.33. The van der Waals surface area contributed by atoms with Crippen molar-refractivity contribution in [1.82, 2.24) is 9.97 Å². The molecule has 0 radical (unpaired) electrons. The van der Waals surface area contributed by atoms with Gasteiger partial charge in [-0.15, -0.1) is 11.3 Å². The number of rotatable bonds is 6. The molecule has 1 aliphatic heterocycles. The topological polar surface area (TPSA) is 49.0 Å². The minimum absolute atomic E-state index is 0.0478. The molecule has 0 amide bonds. The van der Waals surface area contributed by atoms with Gasteiger partial charge in [-0.2, -0.15) is 13.2 Å². The van der Waals surface area contributed by atoms with Crippen molar-refractivity contribution >= 4 is 45.4 Å². The largest absolute Gasteiger partial charge is 0.433 e. The molecule has 176 valence electrons. The van der Waals surface area contributed by atoms with Gasteiger partial charge in [-0.1, -0.05) is 26.0 Å². The van der Waals surface area contributed by atoms with Crippen LogP contribution in [-0.4, -0.2) is 28.8 Å². The number of halogens is 3. The number of thiazole rings is 1. The molecule has 2 aromatic heterocycles. The Hall–Kier alpha value is -2.26. The molecule has 3 aromatic rings. The summed E-state index contributed by atoms with van der Waals surface area (Å²) in [5.74, 6) is 0.650. The van der Waals surface area contributed by atoms with Gasteiger partial charge in [0.05, 0.1) is 10.2 Å². The minimum Gasteiger partial charge on any atom is -0.356 e. The van der Waals surface area contributed by atoms with Gasteiger partial charge in [-0.05, 0) is 66.7 Å². The van der Waals surface area contributed by atoms with Crippen LogP contribution < -0.4 is 4.90 Å². The average molecular weight is 494 g/mol. The number of carbonyl (C=O) groups is 1. The Labute approximate surface area is 199 Å². The molecule has 1 N–H and O–H groups in total. The number of aromatic amines is 1. The molecule has 1 saturated heterocycles. The second-order valence-corrected chi connectivity index (χ2v) is 10.5. The number of hydrogen-bond donors (Lipinski definition) is 1. The van der Waals surface area contributed by atoms with Crippen molar-refractivity contribution in [2.45, 2.75) is 51.6 Å². The smallest absolute Gasteiger partial charge is 0.356 e. The van der Waals surface area contributed by atoms with Crippen LogP contribution in [0.25, 0.3) is 10.2 Å². The van der Waals surface area contributed by atoms with Crippen LogP contribution in [0.15, 0.2) is 30.3 Å². The Balaban J connectivity index is 1.52. The zero-order valence-electron chi connectivity index (χ0n) is 18.5. The maximum Gasteiger partial charge on any atom is 0.433 e. The lowest BCUT2D eigenvalue weighted by atomic mass is 9.92. The predicted molar refractivity (Wildman–Crippen MR) is 129 cm³/mol. The number of ketones is 1. The summed E-state index contributed by atoms with van der Waals surface area (Å²) in [5.41, 5.74) is 1.66. The molecule has 1 aromatic carbocycles. The van der Waals surface area contributed by atoms with E-state index in [0.29, 0.717) is 40.8 Å². The fraction of sp³-hybridized carbons (Fsp3) is 0.458. The Morgan fingerprint density at radius 1 is 1.27 bits per heavy atom. The van der Waals surface area contributed by atoms with Gasteiger partial charge in [0.1, 0.15) is 17.3 Å². The molecule has 0 saturated carbocycles. The van der Waals surface area contributed by atoms with Crippen LogP contribution in [-0.2, 0) is 17.4 Å². The molecular weight excluding hydrogens is 467 g/mol. The number of nitrogens with one attached hydrogen (secondary N) is 1. The number of hydrogen-bond acceptors (Lipinski definition) is 5. The van der Waals surface area contributed by atoms with E-state index in [4.69, 9.17) is 12.2 Å². The van der Waals surface area contributed by atoms with E-state index in [9.17, 15) is 18.0 Å². The third-order valence-corrected chi connectivity index (χ3v) is 7.60. The van der Waals surface area contributed by atoms with Gasteiger partial charge in [0.25, 0.3) is 0 Å². The highest BCUT2D eigenvalue weighted by Crippen LogP contribution is 2.33. The van der Waals surface area contributed by atoms with Gasteiger partial charge in [0.2, 0.25) is 0 Å². The second kappa shape index (κ2) is 9.54. The number of carbonyl (C=O) groups excluding carboxylic acids is 1. The highest BCUT2D eigenvalue weighted by molar-refractivity contribution is 7.73. The van der Waals surface area contributed by atoms with Crippen molar-refractivity contribution in [3.05, 3.63) is 51.1 Å². The van der Waals surface area contributed by atoms with E-state index >= 15 is 0 Å². The minimum atomic E-state index is -4.50. The molecule has 4 rings (SSSR count). The van der Waals surface area contributed by atoms with Crippen molar-refractivity contribution < 1.29 is 18.0 Å². The molecule has 33 heavy (non-hydrogen) atoms. The van der Waals surface area contributed by atoms with Crippen molar-refractivity contribution in [3.63, 3.8) is 0 Å². The molecule has 1 fully saturated rings. The summed E-state index contributed by atoms with van der Waals surface area (Å²) < 4.78 is 41.6. The van der Waals surface area contributed by atoms with Gasteiger partial charge < -0.3 is 9.88 Å². The Kier molecular flexibility index (Phi) is 6.91. The maximum absolute atomic E-state index is 13.3. The van der Waals surface area contributed by atoms with E-state index in [0.717, 1.165) is 34.7 Å². The van der Waals surface area contributed by atoms with E-state index in [-0.39, 0.29) is 18.1 Å². The van der Waals surface area contributed by atoms with Gasteiger partial charge in [0, 0.05) is 25.4 Å². The number of H-pyrrole nitrogens is 1. The highest BCUT2D eigenvalue weighted by atomic mass is 32.1. The third-order valence-electron chi connectivity index (χ3n) is 6.40. The van der Waals surface area contributed by atoms with Crippen LogP contribution in [0.4, 0.5) is 19.0 Å². The predicted octanol–water partition coefficient (Wildman–Crippen LogP) is 6.91. The standard InChI is InChI=1S/C24H26F3N3OS2/c1-14-9-11-30(12-10-14)22-16(5-8-21(29-22)24(25,26)27)4-7-19(31)15(2)17-3-6-18-20(13-17)33-23(32)28-18/h3,5-6,8,13-15H,4,7,9-12H2,1-2H3,(H,28,32). The van der Waals surface area contributed by atoms with E-state index in [1.807, 2.05) is 30.0 Å². The number of anilines is 1. The molecule has 3 heterocycles. The lowest BCUT2D eigenvalue weighted by Gasteiger charge is -2.33. The Morgan fingerprint density at radius 3 is 2.70 bits per heavy atom. The number of fused-ring (bicyclic) bond motifs is 1. The van der Waals surface area contributed by atoms with E-state index < -0.39 is 11.9 Å². The lowest BCUT2D eigenvalue weighted by molar-refractivity contribution is -0.141. The summed E-state index contributed by atoms with van der Waals surface area (Å²) in [7, 11) is 0. The van der Waals surface area contributed by atoms with Crippen LogP contribution in [0.2, 0.25) is 0 Å². The first-order valence-electron chi connectivity index (χ1n) is 11.1. The van der Waals surface area contributed by atoms with Crippen molar-refractivity contribution in [2.24, 2.45) is 5.92 Å². The van der Waals surface area contributed by atoms with E-state index in [1.54, 1.807) is 0 Å². The fourth-order valence-electron chi connectivity index (χ4n) is 4.22. The number of piperidine rings is 1. The van der Waals surface area contributed by atoms with Crippen LogP contribution in [0.3, 0.4) is 0 Å². The van der Waals surface area contributed by atoms with Crippen LogP contribution in [0.5, 0.6) is 0 Å². The summed E-state index contributed by atoms with van der Waals surface area (Å²) in [4.78, 5) is 22.0. The first-order valence-corrected chi connectivity index (χ1v) is 12.3. The first kappa shape index (κ1) is 23.9. The molecular formula is C24H26F3N3OS2. The van der Waals surface area contributed by atoms with Crippen LogP contribution in [0, 0.1) is 9.87 Å². The molecule has 4 nitrogen and oxygen atoms in total. The van der Waals surface area contributed by atoms with E-state index in [2.05, 4.69) is 16.9 Å². The van der Waals surface area contributed by atoms with Crippen molar-refractivity contribution in [3.8, 4) is 0 Å². The molecule has 0 aliphatic carbocycles. The Bertz CT molecular complexity index is 1210. The third kappa shape index (κ3) is 5.46. The number of aromatic nitrogens is 2. The van der Waals surface area contributed by atoms with Crippen LogP contribution >= 0.6 is 23.6 Å². The van der Waals surface area contributed by atoms with Crippen molar-refractivity contribution in [1.29, 1.82) is 0 Å². The molecule has 1 atom stereocenters. The number of pyridine rings is 1. The zero-order valence-corrected chi connectivity index (χ0v) is 20.2. The summed E-state index contributed by atoms with van der Waals surface area (Å²) in [6.45, 7) is 5.37. The summed E-state index contributed by atoms with van der Waals surface area (Å²) in [5, 5.41) is 0. The average Bonchev–Trinajstić information content (AvgIpc) is 3.16. The van der Waals surface area contributed by atoms with Gasteiger partial charge in [-0.25, -0.2) is 4.98 Å². The first-order chi connectivity index (χ1) is 15.6. The number of Topliss-reactive ketones (excluding diaryl/α,β-unsaturated/α-hetero) is 1. The summed E-state index contributed by atoms with van der Waals surface area (Å²) >= 11 is 6.66. The summed E-state index contributed by atoms with van der Waals surface area (Å²) in [6.07, 6.45) is -2.05. The van der Waals surface area contributed by atoms with Gasteiger partial charge >= 0.3 is 6.18 Å². The number of nitrogens with zero attached hydrogens (tertiary/aromatic N) is 2. The van der Waals surface area contributed by atoms with Crippen molar-refractivity contribution in [2.75, 3.05) is 18.0 Å². The molecule has 1 aliphatic rings. The maximum atomic E-state index is 13.3. The quantitative estimate of drug-likeness (QED) is 0.379. The lowest BCUT2D eigenvalue weighted by Crippen LogP contribution is -2.34. The molecule has 1 unspecified atom stereocenters. The highest BCUT2D eigenvalue weighted by Gasteiger charge is 2.34.